The molecule has 3 aromatic heterocycles. The van der Waals surface area contributed by atoms with E-state index in [-0.39, 0.29) is 29.2 Å². The van der Waals surface area contributed by atoms with Gasteiger partial charge in [0.15, 0.2) is 11.3 Å². The number of imidazole rings is 1. The van der Waals surface area contributed by atoms with Crippen LogP contribution in [-0.4, -0.2) is 56.1 Å². The minimum absolute atomic E-state index is 0.0584. The number of carbonyl (C=O) groups excluding carboxylic acids is 2. The molecule has 1 N–H and O–H groups in total. The summed E-state index contributed by atoms with van der Waals surface area (Å²) in [5.41, 5.74) is 3.95. The van der Waals surface area contributed by atoms with E-state index in [4.69, 9.17) is 16.1 Å². The Kier molecular flexibility index (Phi) is 7.32. The number of aromatic nitrogens is 4. The highest BCUT2D eigenvalue weighted by molar-refractivity contribution is 6.30. The van der Waals surface area contributed by atoms with Crippen LogP contribution >= 0.6 is 11.6 Å². The zero-order valence-electron chi connectivity index (χ0n) is 23.6. The van der Waals surface area contributed by atoms with E-state index < -0.39 is 0 Å². The molecule has 11 heteroatoms. The van der Waals surface area contributed by atoms with Crippen LogP contribution in [0.5, 0.6) is 0 Å². The highest BCUT2D eigenvalue weighted by atomic mass is 35.5. The highest BCUT2D eigenvalue weighted by Gasteiger charge is 2.26. The predicted molar refractivity (Wildman–Crippen MR) is 160 cm³/mol. The van der Waals surface area contributed by atoms with Crippen LogP contribution in [0.25, 0.3) is 27.7 Å². The maximum atomic E-state index is 13.9. The maximum absolute atomic E-state index is 13.9. The number of hydrogen-bond donors (Lipinski definition) is 1. The number of benzene rings is 2. The average molecular weight is 587 g/mol. The van der Waals surface area contributed by atoms with Gasteiger partial charge in [-0.2, -0.15) is 0 Å². The molecule has 0 aliphatic heterocycles. The van der Waals surface area contributed by atoms with E-state index in [1.807, 2.05) is 34.9 Å². The van der Waals surface area contributed by atoms with Crippen molar-refractivity contribution in [3.8, 4) is 5.69 Å². The molecule has 2 aromatic carbocycles. The number of nitrogens with zero attached hydrogens (tertiary/aromatic N) is 5. The molecular formula is C31H31ClN6O4. The van der Waals surface area contributed by atoms with Crippen LogP contribution in [-0.2, 0) is 6.54 Å². The van der Waals surface area contributed by atoms with Crippen molar-refractivity contribution in [3.05, 3.63) is 87.2 Å². The van der Waals surface area contributed by atoms with E-state index in [0.717, 1.165) is 36.7 Å². The molecule has 42 heavy (non-hydrogen) atoms. The Morgan fingerprint density at radius 3 is 2.55 bits per heavy atom. The van der Waals surface area contributed by atoms with Crippen LogP contribution in [0.1, 0.15) is 52.2 Å². The van der Waals surface area contributed by atoms with E-state index in [0.29, 0.717) is 45.4 Å². The van der Waals surface area contributed by atoms with Gasteiger partial charge in [0, 0.05) is 38.9 Å². The molecular weight excluding hydrogens is 556 g/mol. The predicted octanol–water partition coefficient (Wildman–Crippen LogP) is 4.98. The number of nitrogens with one attached hydrogen (secondary N) is 1. The molecule has 2 amide bonds. The van der Waals surface area contributed by atoms with Gasteiger partial charge in [-0.1, -0.05) is 28.9 Å². The first-order valence-corrected chi connectivity index (χ1v) is 14.3. The summed E-state index contributed by atoms with van der Waals surface area (Å²) in [7, 11) is 3.32. The third-order valence-electron chi connectivity index (χ3n) is 8.08. The number of hydrogen-bond acceptors (Lipinski definition) is 6. The number of fused-ring (bicyclic) bond motifs is 2. The maximum Gasteiger partial charge on any atom is 0.333 e. The first-order chi connectivity index (χ1) is 20.2. The van der Waals surface area contributed by atoms with E-state index in [2.05, 4.69) is 15.5 Å². The van der Waals surface area contributed by atoms with Crippen molar-refractivity contribution in [1.82, 2.24) is 29.5 Å². The van der Waals surface area contributed by atoms with Crippen LogP contribution < -0.4 is 11.0 Å². The van der Waals surface area contributed by atoms with Gasteiger partial charge in [-0.25, -0.2) is 4.79 Å². The lowest BCUT2D eigenvalue weighted by atomic mass is 9.85. The van der Waals surface area contributed by atoms with Gasteiger partial charge in [-0.15, -0.1) is 0 Å². The first-order valence-electron chi connectivity index (χ1n) is 14.0. The molecule has 1 fully saturated rings. The summed E-state index contributed by atoms with van der Waals surface area (Å²) in [6.07, 6.45) is 4.96. The second-order valence-electron chi connectivity index (χ2n) is 11.1. The normalized spacial score (nSPS) is 17.0. The van der Waals surface area contributed by atoms with Crippen molar-refractivity contribution >= 4 is 45.4 Å². The van der Waals surface area contributed by atoms with E-state index >= 15 is 0 Å². The fourth-order valence-electron chi connectivity index (χ4n) is 5.81. The third kappa shape index (κ3) is 5.07. The minimum Gasteiger partial charge on any atom is -0.355 e. The fourth-order valence-corrected chi connectivity index (χ4v) is 5.97. The van der Waals surface area contributed by atoms with E-state index in [1.54, 1.807) is 43.8 Å². The number of amides is 2. The number of rotatable bonds is 6. The molecule has 0 spiro atoms. The summed E-state index contributed by atoms with van der Waals surface area (Å²) in [6.45, 7) is 2.37. The molecule has 0 atom stereocenters. The summed E-state index contributed by atoms with van der Waals surface area (Å²) in [6, 6.07) is 14.8. The zero-order valence-corrected chi connectivity index (χ0v) is 24.4. The number of para-hydroxylation sites is 2. The number of halogens is 1. The molecule has 5 aromatic rings. The van der Waals surface area contributed by atoms with Crippen LogP contribution in [0.4, 0.5) is 0 Å². The highest BCUT2D eigenvalue weighted by Crippen LogP contribution is 2.29. The first kappa shape index (κ1) is 27.7. The summed E-state index contributed by atoms with van der Waals surface area (Å²) < 4.78 is 9.00. The Balaban J connectivity index is 1.21. The fraction of sp³-hybridized carbons (Fsp3) is 0.323. The van der Waals surface area contributed by atoms with Crippen LogP contribution in [0.3, 0.4) is 0 Å². The molecule has 216 valence electrons. The Hall–Kier alpha value is -4.44. The van der Waals surface area contributed by atoms with Crippen LogP contribution in [0, 0.1) is 12.8 Å². The van der Waals surface area contributed by atoms with E-state index in [9.17, 15) is 14.4 Å². The van der Waals surface area contributed by atoms with Gasteiger partial charge in [-0.3, -0.25) is 23.7 Å². The summed E-state index contributed by atoms with van der Waals surface area (Å²) in [4.78, 5) is 44.8. The molecule has 3 heterocycles. The molecule has 0 radical (unpaired) electrons. The average Bonchev–Trinajstić information content (AvgIpc) is 3.52. The van der Waals surface area contributed by atoms with Crippen LogP contribution in [0.2, 0.25) is 5.02 Å². The van der Waals surface area contributed by atoms with Gasteiger partial charge >= 0.3 is 5.69 Å². The van der Waals surface area contributed by atoms with Crippen molar-refractivity contribution in [2.24, 2.45) is 5.92 Å². The van der Waals surface area contributed by atoms with Gasteiger partial charge in [0.05, 0.1) is 38.4 Å². The lowest BCUT2D eigenvalue weighted by Crippen LogP contribution is -2.39. The summed E-state index contributed by atoms with van der Waals surface area (Å²) in [5.74, 6) is -0.116. The molecule has 0 unspecified atom stereocenters. The Morgan fingerprint density at radius 1 is 1.07 bits per heavy atom. The Bertz CT molecular complexity index is 1880. The van der Waals surface area contributed by atoms with Crippen molar-refractivity contribution in [1.29, 1.82) is 0 Å². The SMILES string of the molecule is Cc1ncc(Cl)cc1C(=O)NC1CCC(Cn2c(=O)n(-c3ccc4c(C(=O)N(C)C)noc4c3)c3ccccc32)CC1. The van der Waals surface area contributed by atoms with Gasteiger partial charge in [0.1, 0.15) is 0 Å². The molecule has 1 saturated carbocycles. The topological polar surface area (TPSA) is 115 Å². The molecule has 1 aliphatic rings. The zero-order chi connectivity index (χ0) is 29.5. The molecule has 6 rings (SSSR count). The van der Waals surface area contributed by atoms with Gasteiger partial charge < -0.3 is 14.7 Å². The second-order valence-corrected chi connectivity index (χ2v) is 11.5. The minimum atomic E-state index is -0.249. The van der Waals surface area contributed by atoms with Gasteiger partial charge in [0.2, 0.25) is 0 Å². The quantitative estimate of drug-likeness (QED) is 0.300. The van der Waals surface area contributed by atoms with Crippen molar-refractivity contribution in [2.75, 3.05) is 14.1 Å². The number of pyridine rings is 1. The molecule has 1 aliphatic carbocycles. The number of aryl methyl sites for hydroxylation is 1. The van der Waals surface area contributed by atoms with E-state index in [1.165, 1.54) is 11.1 Å². The Labute approximate surface area is 246 Å². The monoisotopic (exact) mass is 586 g/mol. The van der Waals surface area contributed by atoms with Crippen molar-refractivity contribution in [2.45, 2.75) is 45.2 Å². The smallest absolute Gasteiger partial charge is 0.333 e. The second kappa shape index (κ2) is 11.1. The number of carbonyl (C=O) groups is 2. The summed E-state index contributed by atoms with van der Waals surface area (Å²) in [5, 5.41) is 8.14. The molecule has 10 nitrogen and oxygen atoms in total. The van der Waals surface area contributed by atoms with Crippen molar-refractivity contribution < 1.29 is 14.1 Å². The summed E-state index contributed by atoms with van der Waals surface area (Å²) >= 11 is 6.05. The van der Waals surface area contributed by atoms with Gasteiger partial charge in [0.25, 0.3) is 11.8 Å². The molecule has 0 saturated heterocycles. The van der Waals surface area contributed by atoms with Crippen molar-refractivity contribution in [3.63, 3.8) is 0 Å². The third-order valence-corrected chi connectivity index (χ3v) is 8.29. The van der Waals surface area contributed by atoms with Crippen LogP contribution in [0.15, 0.2) is 64.0 Å². The Morgan fingerprint density at radius 2 is 1.81 bits per heavy atom. The standard InChI is InChI=1S/C31H31ClN6O4/c1-18-24(14-20(32)16-33-18)29(39)34-21-10-8-19(9-11-21)17-37-25-6-4-5-7-26(25)38(31(37)41)22-12-13-23-27(15-22)42-35-28(23)30(40)36(2)3/h4-7,12-16,19,21H,8-11,17H2,1-3H3,(H,34,39). The lowest BCUT2D eigenvalue weighted by molar-refractivity contribution is 0.0818. The molecule has 0 bridgehead atoms. The van der Waals surface area contributed by atoms with Gasteiger partial charge in [-0.05, 0) is 68.9 Å². The largest absolute Gasteiger partial charge is 0.355 e. The lowest BCUT2D eigenvalue weighted by Gasteiger charge is -2.29.